The molecule has 112 valence electrons. The largest absolute Gasteiger partial charge is 0.493 e. The molecule has 0 spiro atoms. The Hall–Kier alpha value is -1.66. The van der Waals surface area contributed by atoms with Crippen molar-refractivity contribution < 1.29 is 23.4 Å². The number of aliphatic hydroxyl groups is 1. The Labute approximate surface area is 129 Å². The van der Waals surface area contributed by atoms with Crippen LogP contribution in [0.1, 0.15) is 11.1 Å². The lowest BCUT2D eigenvalue weighted by Crippen LogP contribution is -2.02. The van der Waals surface area contributed by atoms with Gasteiger partial charge in [0.05, 0.1) is 18.2 Å². The summed E-state index contributed by atoms with van der Waals surface area (Å²) < 4.78 is 37.9. The van der Waals surface area contributed by atoms with E-state index in [9.17, 15) is 8.78 Å². The van der Waals surface area contributed by atoms with E-state index < -0.39 is 11.6 Å². The molecule has 0 atom stereocenters. The SMILES string of the molecule is COc1cc(CO)cc(Br)c1OCc1cc(F)ccc1F. The van der Waals surface area contributed by atoms with Gasteiger partial charge in [0, 0.05) is 5.56 Å². The number of benzene rings is 2. The van der Waals surface area contributed by atoms with Crippen molar-refractivity contribution in [2.45, 2.75) is 13.2 Å². The van der Waals surface area contributed by atoms with Crippen LogP contribution in [0.25, 0.3) is 0 Å². The smallest absolute Gasteiger partial charge is 0.175 e. The number of hydrogen-bond donors (Lipinski definition) is 1. The topological polar surface area (TPSA) is 38.7 Å². The van der Waals surface area contributed by atoms with Gasteiger partial charge < -0.3 is 14.6 Å². The molecule has 0 saturated carbocycles. The summed E-state index contributed by atoms with van der Waals surface area (Å²) in [6.45, 7) is -0.287. The summed E-state index contributed by atoms with van der Waals surface area (Å²) in [5.74, 6) is -0.321. The molecule has 0 heterocycles. The highest BCUT2D eigenvalue weighted by atomic mass is 79.9. The second kappa shape index (κ2) is 6.87. The molecule has 0 aliphatic rings. The first-order valence-corrected chi connectivity index (χ1v) is 6.88. The third-order valence-electron chi connectivity index (χ3n) is 2.85. The lowest BCUT2D eigenvalue weighted by Gasteiger charge is -2.14. The van der Waals surface area contributed by atoms with Gasteiger partial charge in [0.2, 0.25) is 0 Å². The third kappa shape index (κ3) is 3.71. The summed E-state index contributed by atoms with van der Waals surface area (Å²) in [5, 5.41) is 9.14. The Morgan fingerprint density at radius 1 is 1.19 bits per heavy atom. The molecule has 0 radical (unpaired) electrons. The second-order valence-corrected chi connectivity index (χ2v) is 5.15. The maximum absolute atomic E-state index is 13.6. The van der Waals surface area contributed by atoms with Gasteiger partial charge >= 0.3 is 0 Å². The number of halogens is 3. The zero-order valence-corrected chi connectivity index (χ0v) is 12.8. The highest BCUT2D eigenvalue weighted by Gasteiger charge is 2.13. The highest BCUT2D eigenvalue weighted by Crippen LogP contribution is 2.37. The van der Waals surface area contributed by atoms with Gasteiger partial charge in [0.25, 0.3) is 0 Å². The van der Waals surface area contributed by atoms with Crippen LogP contribution in [0.4, 0.5) is 8.78 Å². The van der Waals surface area contributed by atoms with E-state index in [1.165, 1.54) is 7.11 Å². The first-order chi connectivity index (χ1) is 10.0. The molecule has 0 aliphatic carbocycles. The van der Waals surface area contributed by atoms with E-state index in [0.29, 0.717) is 21.5 Å². The van der Waals surface area contributed by atoms with Gasteiger partial charge in [0.15, 0.2) is 11.5 Å². The molecule has 2 rings (SSSR count). The first kappa shape index (κ1) is 15.7. The lowest BCUT2D eigenvalue weighted by atomic mass is 10.2. The second-order valence-electron chi connectivity index (χ2n) is 4.29. The number of methoxy groups -OCH3 is 1. The van der Waals surface area contributed by atoms with E-state index in [4.69, 9.17) is 14.6 Å². The van der Waals surface area contributed by atoms with Crippen molar-refractivity contribution in [1.29, 1.82) is 0 Å². The maximum atomic E-state index is 13.6. The summed E-state index contributed by atoms with van der Waals surface area (Å²) >= 11 is 3.30. The van der Waals surface area contributed by atoms with Crippen molar-refractivity contribution in [3.8, 4) is 11.5 Å². The van der Waals surface area contributed by atoms with Crippen LogP contribution in [-0.2, 0) is 13.2 Å². The van der Waals surface area contributed by atoms with E-state index in [1.54, 1.807) is 12.1 Å². The van der Waals surface area contributed by atoms with Gasteiger partial charge in [0.1, 0.15) is 18.2 Å². The molecule has 21 heavy (non-hydrogen) atoms. The summed E-state index contributed by atoms with van der Waals surface area (Å²) in [6.07, 6.45) is 0. The van der Waals surface area contributed by atoms with E-state index >= 15 is 0 Å². The van der Waals surface area contributed by atoms with Crippen molar-refractivity contribution in [1.82, 2.24) is 0 Å². The van der Waals surface area contributed by atoms with E-state index in [2.05, 4.69) is 15.9 Å². The van der Waals surface area contributed by atoms with E-state index in [-0.39, 0.29) is 18.8 Å². The molecule has 0 aliphatic heterocycles. The molecule has 2 aromatic rings. The van der Waals surface area contributed by atoms with Crippen LogP contribution in [0.2, 0.25) is 0 Å². The van der Waals surface area contributed by atoms with Crippen LogP contribution in [-0.4, -0.2) is 12.2 Å². The van der Waals surface area contributed by atoms with Crippen molar-refractivity contribution in [2.24, 2.45) is 0 Å². The van der Waals surface area contributed by atoms with E-state index in [0.717, 1.165) is 18.2 Å². The Balaban J connectivity index is 2.25. The fraction of sp³-hybridized carbons (Fsp3) is 0.200. The van der Waals surface area contributed by atoms with Gasteiger partial charge in [-0.3, -0.25) is 0 Å². The quantitative estimate of drug-likeness (QED) is 0.883. The predicted molar refractivity (Wildman–Crippen MR) is 77.3 cm³/mol. The van der Waals surface area contributed by atoms with Crippen LogP contribution >= 0.6 is 15.9 Å². The third-order valence-corrected chi connectivity index (χ3v) is 3.44. The molecule has 1 N–H and O–H groups in total. The summed E-state index contributed by atoms with van der Waals surface area (Å²) in [6, 6.07) is 6.46. The standard InChI is InChI=1S/C15H13BrF2O3/c1-20-14-5-9(7-19)4-12(16)15(14)21-8-10-6-11(17)2-3-13(10)18/h2-6,19H,7-8H2,1H3. The number of aliphatic hydroxyl groups excluding tert-OH is 1. The Morgan fingerprint density at radius 3 is 2.62 bits per heavy atom. The molecule has 2 aromatic carbocycles. The summed E-state index contributed by atoms with van der Waals surface area (Å²) in [7, 11) is 1.46. The van der Waals surface area contributed by atoms with Gasteiger partial charge in [-0.1, -0.05) is 0 Å². The fourth-order valence-corrected chi connectivity index (χ4v) is 2.41. The van der Waals surface area contributed by atoms with Crippen molar-refractivity contribution >= 4 is 15.9 Å². The van der Waals surface area contributed by atoms with Crippen LogP contribution in [0.3, 0.4) is 0 Å². The normalized spacial score (nSPS) is 10.5. The molecule has 3 nitrogen and oxygen atoms in total. The Kier molecular flexibility index (Phi) is 5.14. The first-order valence-electron chi connectivity index (χ1n) is 6.09. The van der Waals surface area contributed by atoms with Gasteiger partial charge in [-0.15, -0.1) is 0 Å². The van der Waals surface area contributed by atoms with Gasteiger partial charge in [-0.25, -0.2) is 8.78 Å². The molecule has 0 fully saturated rings. The highest BCUT2D eigenvalue weighted by molar-refractivity contribution is 9.10. The minimum Gasteiger partial charge on any atom is -0.493 e. The number of rotatable bonds is 5. The number of ether oxygens (including phenoxy) is 2. The molecule has 0 aromatic heterocycles. The average Bonchev–Trinajstić information content (AvgIpc) is 2.48. The van der Waals surface area contributed by atoms with Crippen molar-refractivity contribution in [3.05, 3.63) is 57.6 Å². The molecule has 0 saturated heterocycles. The van der Waals surface area contributed by atoms with Crippen LogP contribution < -0.4 is 9.47 Å². The molecular weight excluding hydrogens is 346 g/mol. The minimum atomic E-state index is -0.543. The monoisotopic (exact) mass is 358 g/mol. The van der Waals surface area contributed by atoms with Crippen molar-refractivity contribution in [2.75, 3.05) is 7.11 Å². The molecule has 6 heteroatoms. The zero-order chi connectivity index (χ0) is 15.4. The van der Waals surface area contributed by atoms with Gasteiger partial charge in [-0.2, -0.15) is 0 Å². The average molecular weight is 359 g/mol. The van der Waals surface area contributed by atoms with Crippen molar-refractivity contribution in [3.63, 3.8) is 0 Å². The van der Waals surface area contributed by atoms with Gasteiger partial charge in [-0.05, 0) is 51.8 Å². The number of hydrogen-bond acceptors (Lipinski definition) is 3. The summed E-state index contributed by atoms with van der Waals surface area (Å²) in [4.78, 5) is 0. The Bertz CT molecular complexity index is 647. The van der Waals surface area contributed by atoms with Crippen LogP contribution in [0.15, 0.2) is 34.8 Å². The molecule has 0 unspecified atom stereocenters. The van der Waals surface area contributed by atoms with Crippen LogP contribution in [0, 0.1) is 11.6 Å². The predicted octanol–water partition coefficient (Wildman–Crippen LogP) is 3.81. The van der Waals surface area contributed by atoms with E-state index in [1.807, 2.05) is 0 Å². The Morgan fingerprint density at radius 2 is 1.95 bits per heavy atom. The molecule has 0 bridgehead atoms. The molecule has 0 amide bonds. The molecular formula is C15H13BrF2O3. The lowest BCUT2D eigenvalue weighted by molar-refractivity contribution is 0.270. The maximum Gasteiger partial charge on any atom is 0.175 e. The minimum absolute atomic E-state index is 0.107. The summed E-state index contributed by atoms with van der Waals surface area (Å²) in [5.41, 5.74) is 0.748. The van der Waals surface area contributed by atoms with Crippen LogP contribution in [0.5, 0.6) is 11.5 Å². The fourth-order valence-electron chi connectivity index (χ4n) is 1.81. The zero-order valence-electron chi connectivity index (χ0n) is 11.2.